The lowest BCUT2D eigenvalue weighted by Crippen LogP contribution is -2.60. The topological polar surface area (TPSA) is 119 Å². The number of carbonyl (C=O) groups excluding carboxylic acids is 1. The highest BCUT2D eigenvalue weighted by molar-refractivity contribution is 6.31. The molecule has 37 heavy (non-hydrogen) atoms. The maximum Gasteiger partial charge on any atom is 0.256 e. The van der Waals surface area contributed by atoms with Crippen LogP contribution in [0.2, 0.25) is 5.02 Å². The van der Waals surface area contributed by atoms with Crippen LogP contribution in [0.4, 0.5) is 11.8 Å². The highest BCUT2D eigenvalue weighted by Crippen LogP contribution is 2.41. The monoisotopic (exact) mass is 522 g/mol. The van der Waals surface area contributed by atoms with Gasteiger partial charge in [-0.1, -0.05) is 23.7 Å². The van der Waals surface area contributed by atoms with E-state index in [2.05, 4.69) is 42.4 Å². The Morgan fingerprint density at radius 2 is 1.89 bits per heavy atom. The summed E-state index contributed by atoms with van der Waals surface area (Å²) in [6, 6.07) is 7.20. The lowest BCUT2D eigenvalue weighted by Gasteiger charge is -2.53. The molecule has 11 heteroatoms. The van der Waals surface area contributed by atoms with Gasteiger partial charge in [-0.15, -0.1) is 0 Å². The number of aliphatic hydroxyl groups is 1. The van der Waals surface area contributed by atoms with E-state index in [1.807, 2.05) is 6.07 Å². The third kappa shape index (κ3) is 5.82. The van der Waals surface area contributed by atoms with E-state index in [4.69, 9.17) is 16.6 Å². The van der Waals surface area contributed by atoms with E-state index in [0.29, 0.717) is 45.7 Å². The van der Waals surface area contributed by atoms with Gasteiger partial charge < -0.3 is 25.5 Å². The average Bonchev–Trinajstić information content (AvgIpc) is 2.90. The molecule has 2 aromatic heterocycles. The number of piperidine rings is 1. The summed E-state index contributed by atoms with van der Waals surface area (Å²) < 4.78 is 0. The number of anilines is 2. The highest BCUT2D eigenvalue weighted by atomic mass is 35.5. The first-order valence-electron chi connectivity index (χ1n) is 12.4. The molecule has 2 fully saturated rings. The Kier molecular flexibility index (Phi) is 7.50. The smallest absolute Gasteiger partial charge is 0.256 e. The Hall–Kier alpha value is -3.34. The zero-order chi connectivity index (χ0) is 25.8. The van der Waals surface area contributed by atoms with Gasteiger partial charge in [0.05, 0.1) is 13.2 Å². The predicted octanol–water partition coefficient (Wildman–Crippen LogP) is 2.49. The third-order valence-electron chi connectivity index (χ3n) is 7.18. The molecule has 1 spiro atoms. The molecule has 0 bridgehead atoms. The number of halogens is 1. The predicted molar refractivity (Wildman–Crippen MR) is 141 cm³/mol. The molecular formula is C26H31ClN8O2. The van der Waals surface area contributed by atoms with E-state index in [1.54, 1.807) is 36.8 Å². The molecule has 1 aromatic carbocycles. The summed E-state index contributed by atoms with van der Waals surface area (Å²) in [5.74, 6) is 1.27. The number of nitrogens with zero attached hydrogens (tertiary/aromatic N) is 6. The van der Waals surface area contributed by atoms with Crippen LogP contribution in [0.1, 0.15) is 40.2 Å². The molecule has 2 aliphatic rings. The van der Waals surface area contributed by atoms with Crippen LogP contribution in [-0.4, -0.2) is 69.1 Å². The summed E-state index contributed by atoms with van der Waals surface area (Å²) in [4.78, 5) is 35.2. The molecule has 0 radical (unpaired) electrons. The molecule has 2 saturated heterocycles. The molecule has 3 aromatic rings. The van der Waals surface area contributed by atoms with Gasteiger partial charge in [-0.3, -0.25) is 4.79 Å². The normalized spacial score (nSPS) is 16.9. The minimum atomic E-state index is -0.314. The molecular weight excluding hydrogens is 492 g/mol. The van der Waals surface area contributed by atoms with Crippen LogP contribution < -0.4 is 15.5 Å². The van der Waals surface area contributed by atoms with E-state index >= 15 is 0 Å². The van der Waals surface area contributed by atoms with Crippen molar-refractivity contribution in [3.8, 4) is 0 Å². The van der Waals surface area contributed by atoms with Gasteiger partial charge in [0.1, 0.15) is 17.2 Å². The highest BCUT2D eigenvalue weighted by Gasteiger charge is 2.45. The quantitative estimate of drug-likeness (QED) is 0.410. The second-order valence-corrected chi connectivity index (χ2v) is 10.3. The second kappa shape index (κ2) is 11.0. The summed E-state index contributed by atoms with van der Waals surface area (Å²) in [5.41, 5.74) is 2.24. The molecule has 3 N–H and O–H groups in total. The molecule has 0 aliphatic carbocycles. The number of likely N-dealkylation sites (tertiary alicyclic amines) is 1. The van der Waals surface area contributed by atoms with Gasteiger partial charge in [0.2, 0.25) is 5.95 Å². The number of aliphatic hydroxyl groups excluding tert-OH is 1. The lowest BCUT2D eigenvalue weighted by molar-refractivity contribution is 0.0893. The van der Waals surface area contributed by atoms with Crippen molar-refractivity contribution < 1.29 is 9.90 Å². The lowest BCUT2D eigenvalue weighted by atomic mass is 9.72. The SMILES string of the molecule is CN1CCC2(CC1)CN(c1ncc(C(=O)NCc3ncccn3)c(NCc3ccc(CO)c(Cl)c3)n1)C2. The van der Waals surface area contributed by atoms with E-state index in [-0.39, 0.29) is 19.1 Å². The van der Waals surface area contributed by atoms with Crippen LogP contribution in [0.3, 0.4) is 0 Å². The first-order chi connectivity index (χ1) is 17.9. The standard InChI is InChI=1S/C26H31ClN8O2/c1-34-9-5-26(6-10-34)16-35(17-26)25-32-13-20(24(37)31-14-22-28-7-2-8-29-22)23(33-25)30-12-18-3-4-19(15-36)21(27)11-18/h2-4,7-8,11,13,36H,5-6,9-10,12,14-17H2,1H3,(H,31,37)(H,30,32,33). The van der Waals surface area contributed by atoms with Crippen molar-refractivity contribution in [3.05, 3.63) is 70.4 Å². The first-order valence-corrected chi connectivity index (χ1v) is 12.8. The summed E-state index contributed by atoms with van der Waals surface area (Å²) in [5, 5.41) is 16.0. The van der Waals surface area contributed by atoms with Gasteiger partial charge in [-0.05, 0) is 56.2 Å². The molecule has 0 saturated carbocycles. The van der Waals surface area contributed by atoms with Crippen LogP contribution in [-0.2, 0) is 19.7 Å². The van der Waals surface area contributed by atoms with E-state index < -0.39 is 0 Å². The van der Waals surface area contributed by atoms with Crippen molar-refractivity contribution >= 4 is 29.3 Å². The van der Waals surface area contributed by atoms with Crippen LogP contribution in [0, 0.1) is 5.41 Å². The van der Waals surface area contributed by atoms with Crippen LogP contribution in [0.5, 0.6) is 0 Å². The number of nitrogens with one attached hydrogen (secondary N) is 2. The number of aromatic nitrogens is 4. The Bertz CT molecular complexity index is 1240. The molecule has 1 amide bonds. The molecule has 0 atom stereocenters. The number of benzene rings is 1. The average molecular weight is 523 g/mol. The molecule has 194 valence electrons. The van der Waals surface area contributed by atoms with E-state index in [9.17, 15) is 9.90 Å². The van der Waals surface area contributed by atoms with Gasteiger partial charge in [0.25, 0.3) is 5.91 Å². The fourth-order valence-electron chi connectivity index (χ4n) is 4.83. The summed E-state index contributed by atoms with van der Waals surface area (Å²) >= 11 is 6.27. The van der Waals surface area contributed by atoms with Crippen molar-refractivity contribution in [2.24, 2.45) is 5.41 Å². The summed E-state index contributed by atoms with van der Waals surface area (Å²) in [6.45, 7) is 4.56. The van der Waals surface area contributed by atoms with E-state index in [0.717, 1.165) is 31.7 Å². The first kappa shape index (κ1) is 25.3. The zero-order valence-electron chi connectivity index (χ0n) is 20.8. The Morgan fingerprint density at radius 1 is 1.14 bits per heavy atom. The minimum Gasteiger partial charge on any atom is -0.392 e. The molecule has 0 unspecified atom stereocenters. The van der Waals surface area contributed by atoms with Crippen LogP contribution in [0.25, 0.3) is 0 Å². The maximum atomic E-state index is 13.1. The van der Waals surface area contributed by atoms with Crippen LogP contribution in [0.15, 0.2) is 42.9 Å². The maximum absolute atomic E-state index is 13.1. The van der Waals surface area contributed by atoms with E-state index in [1.165, 1.54) is 12.8 Å². The van der Waals surface area contributed by atoms with Gasteiger partial charge in [0.15, 0.2) is 0 Å². The molecule has 4 heterocycles. The van der Waals surface area contributed by atoms with Crippen molar-refractivity contribution in [1.29, 1.82) is 0 Å². The molecule has 5 rings (SSSR count). The van der Waals surface area contributed by atoms with Crippen molar-refractivity contribution in [2.75, 3.05) is 43.4 Å². The Balaban J connectivity index is 1.32. The van der Waals surface area contributed by atoms with Crippen LogP contribution >= 0.6 is 11.6 Å². The molecule has 2 aliphatic heterocycles. The minimum absolute atomic E-state index is 0.120. The number of hydrogen-bond donors (Lipinski definition) is 3. The van der Waals surface area contributed by atoms with Crippen molar-refractivity contribution in [2.45, 2.75) is 32.5 Å². The van der Waals surface area contributed by atoms with Crippen molar-refractivity contribution in [1.82, 2.24) is 30.2 Å². The summed E-state index contributed by atoms with van der Waals surface area (Å²) in [7, 11) is 2.17. The number of carbonyl (C=O) groups is 1. The van der Waals surface area contributed by atoms with Gasteiger partial charge >= 0.3 is 0 Å². The fraction of sp³-hybridized carbons (Fsp3) is 0.423. The number of amides is 1. The molecule has 10 nitrogen and oxygen atoms in total. The second-order valence-electron chi connectivity index (χ2n) is 9.88. The fourth-order valence-corrected chi connectivity index (χ4v) is 5.09. The number of hydrogen-bond acceptors (Lipinski definition) is 9. The Labute approximate surface area is 221 Å². The zero-order valence-corrected chi connectivity index (χ0v) is 21.6. The van der Waals surface area contributed by atoms with Gasteiger partial charge in [-0.25, -0.2) is 15.0 Å². The number of rotatable bonds is 8. The Morgan fingerprint density at radius 3 is 2.59 bits per heavy atom. The van der Waals surface area contributed by atoms with Gasteiger partial charge in [0, 0.05) is 48.7 Å². The third-order valence-corrected chi connectivity index (χ3v) is 7.53. The van der Waals surface area contributed by atoms with Crippen molar-refractivity contribution in [3.63, 3.8) is 0 Å². The summed E-state index contributed by atoms with van der Waals surface area (Å²) in [6.07, 6.45) is 7.20. The largest absolute Gasteiger partial charge is 0.392 e. The van der Waals surface area contributed by atoms with Gasteiger partial charge in [-0.2, -0.15) is 4.98 Å².